The van der Waals surface area contributed by atoms with Crippen LogP contribution in [0, 0.1) is 29.1 Å². The summed E-state index contributed by atoms with van der Waals surface area (Å²) in [5, 5.41) is 0. The number of rotatable bonds is 6. The van der Waals surface area contributed by atoms with E-state index in [2.05, 4.69) is 14.0 Å². The lowest BCUT2D eigenvalue weighted by Crippen LogP contribution is -2.41. The van der Waals surface area contributed by atoms with Crippen molar-refractivity contribution in [1.29, 1.82) is 0 Å². The summed E-state index contributed by atoms with van der Waals surface area (Å²) in [6.45, 7) is 6.59. The zero-order valence-electron chi connectivity index (χ0n) is 15.3. The third-order valence-electron chi connectivity index (χ3n) is 4.62. The molecule has 10 heteroatoms. The van der Waals surface area contributed by atoms with Crippen LogP contribution in [0.2, 0.25) is 0 Å². The van der Waals surface area contributed by atoms with Crippen LogP contribution in [0.4, 0.5) is 22.0 Å². The highest BCUT2D eigenvalue weighted by molar-refractivity contribution is 7.85. The average molecular weight is 417 g/mol. The molecule has 1 aliphatic rings. The molecule has 0 unspecified atom stereocenters. The van der Waals surface area contributed by atoms with E-state index in [1.54, 1.807) is 0 Å². The minimum Gasteiger partial charge on any atom is -0.744 e. The highest BCUT2D eigenvalue weighted by atomic mass is 32.2. The minimum atomic E-state index is -5.77. The van der Waals surface area contributed by atoms with Gasteiger partial charge in [0, 0.05) is 12.8 Å². The van der Waals surface area contributed by atoms with Gasteiger partial charge in [-0.15, -0.1) is 0 Å². The van der Waals surface area contributed by atoms with Gasteiger partial charge in [0.05, 0.1) is 26.7 Å². The molecule has 27 heavy (non-hydrogen) atoms. The van der Waals surface area contributed by atoms with Gasteiger partial charge in [0.1, 0.15) is 15.0 Å². The van der Waals surface area contributed by atoms with Crippen LogP contribution in [0.3, 0.4) is 0 Å². The topological polar surface area (TPSA) is 57.2 Å². The van der Waals surface area contributed by atoms with Crippen molar-refractivity contribution in [3.63, 3.8) is 0 Å². The first kappa shape index (κ1) is 23.8. The molecule has 0 atom stereocenters. The van der Waals surface area contributed by atoms with Crippen molar-refractivity contribution >= 4 is 10.1 Å². The Morgan fingerprint density at radius 1 is 0.852 bits per heavy atom. The van der Waals surface area contributed by atoms with E-state index < -0.39 is 44.1 Å². The Bertz CT molecular complexity index is 720. The van der Waals surface area contributed by atoms with Crippen LogP contribution in [0.5, 0.6) is 0 Å². The van der Waals surface area contributed by atoms with Gasteiger partial charge in [-0.1, -0.05) is 19.8 Å². The number of likely N-dealkylation sites (tertiary alicyclic amines) is 1. The zero-order valence-corrected chi connectivity index (χ0v) is 16.2. The standard InChI is InChI=1S/C11H24N.C6HF5O3S/c1-3-4-5-6-9-12(2)10-7-8-11-12;7-1-2(8)4(10)6(15(12,13)14)5(11)3(1)9/h3-11H2,1-2H3;(H,12,13,14)/q+1;/p-1. The van der Waals surface area contributed by atoms with Gasteiger partial charge in [0.15, 0.2) is 23.3 Å². The first-order valence-corrected chi connectivity index (χ1v) is 10.2. The van der Waals surface area contributed by atoms with Crippen molar-refractivity contribution < 1.29 is 39.4 Å². The van der Waals surface area contributed by atoms with E-state index in [4.69, 9.17) is 0 Å². The molecule has 0 amide bonds. The quantitative estimate of drug-likeness (QED) is 0.175. The van der Waals surface area contributed by atoms with Crippen LogP contribution in [-0.2, 0) is 10.1 Å². The Kier molecular flexibility index (Phi) is 8.62. The number of hydrogen-bond acceptors (Lipinski definition) is 3. The van der Waals surface area contributed by atoms with Gasteiger partial charge in [-0.3, -0.25) is 0 Å². The third kappa shape index (κ3) is 6.39. The van der Waals surface area contributed by atoms with Crippen LogP contribution >= 0.6 is 0 Å². The van der Waals surface area contributed by atoms with Gasteiger partial charge in [-0.25, -0.2) is 30.4 Å². The van der Waals surface area contributed by atoms with E-state index in [9.17, 15) is 34.9 Å². The van der Waals surface area contributed by atoms with Crippen LogP contribution < -0.4 is 0 Å². The lowest BCUT2D eigenvalue weighted by molar-refractivity contribution is -0.897. The molecule has 1 fully saturated rings. The predicted molar refractivity (Wildman–Crippen MR) is 88.4 cm³/mol. The molecule has 0 bridgehead atoms. The van der Waals surface area contributed by atoms with E-state index in [0.29, 0.717) is 0 Å². The molecule has 1 aliphatic heterocycles. The van der Waals surface area contributed by atoms with Gasteiger partial charge in [0.25, 0.3) is 0 Å². The summed E-state index contributed by atoms with van der Waals surface area (Å²) < 4.78 is 94.3. The second kappa shape index (κ2) is 9.79. The number of halogens is 5. The number of unbranched alkanes of at least 4 members (excludes halogenated alkanes) is 3. The molecule has 2 rings (SSSR count). The molecule has 0 spiro atoms. The molecule has 0 aliphatic carbocycles. The van der Waals surface area contributed by atoms with E-state index in [0.717, 1.165) is 0 Å². The molecule has 0 aromatic heterocycles. The lowest BCUT2D eigenvalue weighted by atomic mass is 10.2. The summed E-state index contributed by atoms with van der Waals surface area (Å²) in [4.78, 5) is -2.38. The van der Waals surface area contributed by atoms with Gasteiger partial charge in [-0.2, -0.15) is 0 Å². The highest BCUT2D eigenvalue weighted by Crippen LogP contribution is 2.26. The van der Waals surface area contributed by atoms with Crippen LogP contribution in [0.1, 0.15) is 45.4 Å². The zero-order chi connectivity index (χ0) is 20.8. The first-order valence-electron chi connectivity index (χ1n) is 8.75. The Balaban J connectivity index is 0.000000277. The maximum Gasteiger partial charge on any atom is 0.200 e. The molecule has 156 valence electrons. The minimum absolute atomic E-state index is 1.36. The molecular weight excluding hydrogens is 393 g/mol. The Hall–Kier alpha value is -1.26. The van der Waals surface area contributed by atoms with Crippen molar-refractivity contribution in [3.8, 4) is 0 Å². The number of benzene rings is 1. The molecule has 1 aromatic rings. The fourth-order valence-corrected chi connectivity index (χ4v) is 3.67. The van der Waals surface area contributed by atoms with Crippen molar-refractivity contribution in [2.75, 3.05) is 26.7 Å². The Morgan fingerprint density at radius 2 is 1.30 bits per heavy atom. The van der Waals surface area contributed by atoms with E-state index in [-0.39, 0.29) is 0 Å². The summed E-state index contributed by atoms with van der Waals surface area (Å²) >= 11 is 0. The summed E-state index contributed by atoms with van der Waals surface area (Å²) in [7, 11) is -3.34. The Morgan fingerprint density at radius 3 is 1.70 bits per heavy atom. The van der Waals surface area contributed by atoms with Gasteiger partial charge in [0.2, 0.25) is 5.82 Å². The summed E-state index contributed by atoms with van der Waals surface area (Å²) in [5.41, 5.74) is 0. The molecule has 0 N–H and O–H groups in total. The van der Waals surface area contributed by atoms with Crippen LogP contribution in [0.15, 0.2) is 4.90 Å². The van der Waals surface area contributed by atoms with Crippen molar-refractivity contribution in [2.24, 2.45) is 0 Å². The predicted octanol–water partition coefficient (Wildman–Crippen LogP) is 4.09. The molecule has 4 nitrogen and oxygen atoms in total. The van der Waals surface area contributed by atoms with Crippen molar-refractivity contribution in [3.05, 3.63) is 29.1 Å². The summed E-state index contributed by atoms with van der Waals surface area (Å²) in [6.07, 6.45) is 8.62. The van der Waals surface area contributed by atoms with Crippen molar-refractivity contribution in [2.45, 2.75) is 50.3 Å². The monoisotopic (exact) mass is 417 g/mol. The average Bonchev–Trinajstić information content (AvgIpc) is 3.01. The molecule has 0 saturated carbocycles. The normalized spacial score (nSPS) is 16.1. The summed E-state index contributed by atoms with van der Waals surface area (Å²) in [5.74, 6) is -12.8. The summed E-state index contributed by atoms with van der Waals surface area (Å²) in [6, 6.07) is 0. The smallest absolute Gasteiger partial charge is 0.200 e. The van der Waals surface area contributed by atoms with Crippen LogP contribution in [0.25, 0.3) is 0 Å². The molecule has 1 aromatic carbocycles. The largest absolute Gasteiger partial charge is 0.744 e. The maximum absolute atomic E-state index is 12.6. The van der Waals surface area contributed by atoms with Crippen LogP contribution in [-0.4, -0.2) is 44.1 Å². The number of nitrogens with zero attached hydrogens (tertiary/aromatic N) is 1. The maximum atomic E-state index is 12.6. The van der Waals surface area contributed by atoms with E-state index in [1.807, 2.05) is 0 Å². The molecule has 1 saturated heterocycles. The van der Waals surface area contributed by atoms with E-state index in [1.165, 1.54) is 62.6 Å². The molecule has 0 radical (unpaired) electrons. The molecular formula is C17H24F5NO3S. The Labute approximate surface area is 156 Å². The van der Waals surface area contributed by atoms with Gasteiger partial charge >= 0.3 is 0 Å². The third-order valence-corrected chi connectivity index (χ3v) is 5.48. The number of hydrogen-bond donors (Lipinski definition) is 0. The highest BCUT2D eigenvalue weighted by Gasteiger charge is 2.29. The molecule has 1 heterocycles. The fourth-order valence-electron chi connectivity index (χ4n) is 3.05. The second-order valence-electron chi connectivity index (χ2n) is 6.91. The van der Waals surface area contributed by atoms with Gasteiger partial charge < -0.3 is 9.04 Å². The second-order valence-corrected chi connectivity index (χ2v) is 8.23. The number of quaternary nitrogens is 1. The van der Waals surface area contributed by atoms with E-state index >= 15 is 0 Å². The lowest BCUT2D eigenvalue weighted by Gasteiger charge is -2.29. The van der Waals surface area contributed by atoms with Gasteiger partial charge in [-0.05, 0) is 12.8 Å². The fraction of sp³-hybridized carbons (Fsp3) is 0.647. The first-order chi connectivity index (χ1) is 12.4. The SMILES string of the molecule is CCCCCC[N+]1(C)CCCC1.O=S(=O)([O-])c1c(F)c(F)c(F)c(F)c1F. The van der Waals surface area contributed by atoms with Crippen molar-refractivity contribution in [1.82, 2.24) is 0 Å².